The van der Waals surface area contributed by atoms with Gasteiger partial charge < -0.3 is 19.5 Å². The summed E-state index contributed by atoms with van der Waals surface area (Å²) in [6.45, 7) is 13.8. The minimum Gasteiger partial charge on any atom is -0.490 e. The van der Waals surface area contributed by atoms with Gasteiger partial charge in [0.1, 0.15) is 19.0 Å². The average Bonchev–Trinajstić information content (AvgIpc) is 2.93. The van der Waals surface area contributed by atoms with E-state index in [2.05, 4.69) is 6.58 Å². The third-order valence-corrected chi connectivity index (χ3v) is 8.80. The maximum atomic E-state index is 14.5. The second kappa shape index (κ2) is 12.3. The van der Waals surface area contributed by atoms with E-state index < -0.39 is 11.9 Å². The summed E-state index contributed by atoms with van der Waals surface area (Å²) in [5.41, 5.74) is 3.39. The van der Waals surface area contributed by atoms with Gasteiger partial charge in [0, 0.05) is 52.4 Å². The first-order chi connectivity index (χ1) is 21.2. The number of carbonyl (C=O) groups is 3. The van der Waals surface area contributed by atoms with Gasteiger partial charge in [-0.1, -0.05) is 58.0 Å². The molecule has 1 N–H and O–H groups in total. The molecule has 238 valence electrons. The highest BCUT2D eigenvalue weighted by Crippen LogP contribution is 2.55. The zero-order chi connectivity index (χ0) is 32.7. The number of carboxylic acids is 1. The number of ketones is 2. The first-order valence-electron chi connectivity index (χ1n) is 15.5. The molecule has 5 rings (SSSR count). The minimum absolute atomic E-state index is 0.0183. The van der Waals surface area contributed by atoms with Gasteiger partial charge in [-0.05, 0) is 54.7 Å². The summed E-state index contributed by atoms with van der Waals surface area (Å²) in [7, 11) is 0. The van der Waals surface area contributed by atoms with Gasteiger partial charge in [0.2, 0.25) is 0 Å². The lowest BCUT2D eigenvalue weighted by molar-refractivity contribution is -0.138. The second-order valence-electron chi connectivity index (χ2n) is 13.8. The van der Waals surface area contributed by atoms with E-state index in [-0.39, 0.29) is 54.2 Å². The van der Waals surface area contributed by atoms with Crippen LogP contribution >= 0.6 is 0 Å². The van der Waals surface area contributed by atoms with Crippen LogP contribution in [0.25, 0.3) is 0 Å². The van der Waals surface area contributed by atoms with Crippen LogP contribution in [0.1, 0.15) is 82.9 Å². The fourth-order valence-corrected chi connectivity index (χ4v) is 7.06. The van der Waals surface area contributed by atoms with Crippen molar-refractivity contribution in [1.82, 2.24) is 4.90 Å². The number of Topliss-reactive ketones (excluding diaryl/α,β-unsaturated/α-hetero) is 2. The predicted octanol–water partition coefficient (Wildman–Crippen LogP) is 7.30. The van der Waals surface area contributed by atoms with Gasteiger partial charge in [-0.25, -0.2) is 4.39 Å². The number of nitrogens with zero attached hydrogens (tertiary/aromatic N) is 1. The maximum Gasteiger partial charge on any atom is 0.323 e. The molecule has 8 heteroatoms. The van der Waals surface area contributed by atoms with Crippen LogP contribution in [0, 0.1) is 16.6 Å². The molecule has 0 saturated carbocycles. The van der Waals surface area contributed by atoms with Crippen molar-refractivity contribution in [2.45, 2.75) is 79.2 Å². The number of benzene rings is 2. The van der Waals surface area contributed by atoms with Gasteiger partial charge >= 0.3 is 5.97 Å². The number of hydrogen-bond acceptors (Lipinski definition) is 6. The molecule has 0 aromatic heterocycles. The van der Waals surface area contributed by atoms with Crippen LogP contribution in [0.5, 0.6) is 11.5 Å². The van der Waals surface area contributed by atoms with Crippen molar-refractivity contribution in [3.8, 4) is 11.5 Å². The van der Waals surface area contributed by atoms with Crippen LogP contribution < -0.4 is 9.47 Å². The molecule has 45 heavy (non-hydrogen) atoms. The third kappa shape index (κ3) is 6.46. The Labute approximate surface area is 264 Å². The lowest BCUT2D eigenvalue weighted by atomic mass is 9.63. The summed E-state index contributed by atoms with van der Waals surface area (Å²) in [4.78, 5) is 42.1. The molecule has 2 aliphatic carbocycles. The number of allylic oxidation sites excluding steroid dienone is 5. The van der Waals surface area contributed by atoms with Crippen molar-refractivity contribution < 1.29 is 33.4 Å². The molecule has 3 aliphatic rings. The molecule has 1 aliphatic heterocycles. The van der Waals surface area contributed by atoms with Gasteiger partial charge in [-0.2, -0.15) is 0 Å². The highest BCUT2D eigenvalue weighted by molar-refractivity contribution is 6.07. The Balaban J connectivity index is 1.73. The third-order valence-electron chi connectivity index (χ3n) is 8.80. The van der Waals surface area contributed by atoms with E-state index in [1.165, 1.54) is 6.07 Å². The highest BCUT2D eigenvalue weighted by Gasteiger charge is 2.49. The van der Waals surface area contributed by atoms with Crippen molar-refractivity contribution >= 4 is 17.5 Å². The Kier molecular flexibility index (Phi) is 8.80. The Morgan fingerprint density at radius 2 is 1.58 bits per heavy atom. The standard InChI is InChI=1S/C37H42FNO6/c1-7-11-22-14-24(15-30(44-8-2)35(22)45-21-23-12-9-10-13-25(23)38)32-33-26(16-36(3,4)18-28(33)40)39(20-31(42)43)27-17-37(5,6)19-29(41)34(27)32/h7,9-10,12-15,32H,1,8,11,16-21H2,2-6H3,(H,42,43). The number of halogens is 1. The quantitative estimate of drug-likeness (QED) is 0.280. The van der Waals surface area contributed by atoms with E-state index in [4.69, 9.17) is 9.47 Å². The number of hydrogen-bond donors (Lipinski definition) is 1. The zero-order valence-electron chi connectivity index (χ0n) is 26.8. The summed E-state index contributed by atoms with van der Waals surface area (Å²) in [6, 6.07) is 10.2. The van der Waals surface area contributed by atoms with Crippen molar-refractivity contribution in [3.63, 3.8) is 0 Å². The zero-order valence-corrected chi connectivity index (χ0v) is 26.8. The topological polar surface area (TPSA) is 93.1 Å². The lowest BCUT2D eigenvalue weighted by Gasteiger charge is -2.48. The Morgan fingerprint density at radius 3 is 2.11 bits per heavy atom. The van der Waals surface area contributed by atoms with Crippen molar-refractivity contribution in [2.75, 3.05) is 13.2 Å². The summed E-state index contributed by atoms with van der Waals surface area (Å²) >= 11 is 0. The molecule has 7 nitrogen and oxygen atoms in total. The van der Waals surface area contributed by atoms with Crippen molar-refractivity contribution in [3.05, 3.63) is 94.1 Å². The molecule has 0 bridgehead atoms. The number of rotatable bonds is 10. The highest BCUT2D eigenvalue weighted by atomic mass is 19.1. The summed E-state index contributed by atoms with van der Waals surface area (Å²) in [5.74, 6) is -1.39. The maximum absolute atomic E-state index is 14.5. The van der Waals surface area contributed by atoms with E-state index in [1.54, 1.807) is 29.2 Å². The molecule has 2 aromatic rings. The van der Waals surface area contributed by atoms with Crippen molar-refractivity contribution in [1.29, 1.82) is 0 Å². The van der Waals surface area contributed by atoms with Gasteiger partial charge in [-0.15, -0.1) is 6.58 Å². The molecule has 0 atom stereocenters. The van der Waals surface area contributed by atoms with Crippen LogP contribution in [-0.2, 0) is 27.4 Å². The van der Waals surface area contributed by atoms with Gasteiger partial charge in [0.15, 0.2) is 23.1 Å². The monoisotopic (exact) mass is 615 g/mol. The fourth-order valence-electron chi connectivity index (χ4n) is 7.06. The van der Waals surface area contributed by atoms with Crippen LogP contribution in [-0.4, -0.2) is 40.7 Å². The first kappa shape index (κ1) is 32.2. The SMILES string of the molecule is C=CCc1cc(C2C3=C(CC(C)(C)CC3=O)N(CC(=O)O)C3=C2C(=O)CC(C)(C)C3)cc(OCC)c1OCc1ccccc1F. The minimum atomic E-state index is -1.03. The predicted molar refractivity (Wildman–Crippen MR) is 169 cm³/mol. The van der Waals surface area contributed by atoms with Gasteiger partial charge in [0.05, 0.1) is 6.61 Å². The Hall–Kier alpha value is -4.20. The second-order valence-corrected chi connectivity index (χ2v) is 13.8. The molecule has 0 unspecified atom stereocenters. The smallest absolute Gasteiger partial charge is 0.323 e. The number of ether oxygens (including phenoxy) is 2. The van der Waals surface area contributed by atoms with Crippen LogP contribution in [0.3, 0.4) is 0 Å². The average molecular weight is 616 g/mol. The molecular formula is C37H42FNO6. The molecule has 0 fully saturated rings. The number of carbonyl (C=O) groups excluding carboxylic acids is 2. The summed E-state index contributed by atoms with van der Waals surface area (Å²) in [5, 5.41) is 9.97. The fraction of sp³-hybridized carbons (Fsp3) is 0.432. The van der Waals surface area contributed by atoms with E-state index in [0.717, 1.165) is 5.56 Å². The Morgan fingerprint density at radius 1 is 0.978 bits per heavy atom. The summed E-state index contributed by atoms with van der Waals surface area (Å²) < 4.78 is 26.8. The van der Waals surface area contributed by atoms with E-state index in [1.807, 2.05) is 46.8 Å². The van der Waals surface area contributed by atoms with Crippen LogP contribution in [0.4, 0.5) is 4.39 Å². The molecule has 0 amide bonds. The van der Waals surface area contributed by atoms with Crippen LogP contribution in [0.15, 0.2) is 71.6 Å². The van der Waals surface area contributed by atoms with Crippen molar-refractivity contribution in [2.24, 2.45) is 10.8 Å². The van der Waals surface area contributed by atoms with E-state index >= 15 is 0 Å². The molecule has 2 aromatic carbocycles. The van der Waals surface area contributed by atoms with Crippen LogP contribution in [0.2, 0.25) is 0 Å². The summed E-state index contributed by atoms with van der Waals surface area (Å²) in [6.07, 6.45) is 3.71. The normalized spacial score (nSPS) is 19.3. The first-order valence-corrected chi connectivity index (χ1v) is 15.5. The van der Waals surface area contributed by atoms with E-state index in [0.29, 0.717) is 71.0 Å². The largest absolute Gasteiger partial charge is 0.490 e. The Bertz CT molecular complexity index is 1580. The number of aliphatic carboxylic acids is 1. The van der Waals surface area contributed by atoms with Gasteiger partial charge in [0.25, 0.3) is 0 Å². The molecular weight excluding hydrogens is 573 g/mol. The lowest BCUT2D eigenvalue weighted by Crippen LogP contribution is -2.45. The molecule has 1 heterocycles. The van der Waals surface area contributed by atoms with E-state index in [9.17, 15) is 23.9 Å². The molecule has 0 saturated heterocycles. The molecule has 0 spiro atoms. The van der Waals surface area contributed by atoms with Gasteiger partial charge in [-0.3, -0.25) is 14.4 Å². The number of carboxylic acid groups (broad SMARTS) is 1. The molecule has 0 radical (unpaired) electrons.